The summed E-state index contributed by atoms with van der Waals surface area (Å²) in [6.07, 6.45) is -3.01. The maximum absolute atomic E-state index is 13.3. The highest BCUT2D eigenvalue weighted by Crippen LogP contribution is 2.32. The molecule has 0 bridgehead atoms. The summed E-state index contributed by atoms with van der Waals surface area (Å²) in [5.74, 6) is 0.328. The molecule has 6 nitrogen and oxygen atoms in total. The fourth-order valence-electron chi connectivity index (χ4n) is 2.91. The second kappa shape index (κ2) is 6.72. The maximum Gasteiger partial charge on any atom is 0.433 e. The highest BCUT2D eigenvalue weighted by atomic mass is 19.4. The van der Waals surface area contributed by atoms with Crippen molar-refractivity contribution < 1.29 is 22.6 Å². The molecule has 2 saturated heterocycles. The molecule has 1 aromatic rings. The molecule has 2 fully saturated rings. The minimum absolute atomic E-state index is 0.0125. The van der Waals surface area contributed by atoms with Gasteiger partial charge in [-0.1, -0.05) is 0 Å². The van der Waals surface area contributed by atoms with Crippen LogP contribution >= 0.6 is 0 Å². The SMILES string of the molecule is CN(c1cc(C(F)(F)F)nc(N(C)C2CCOC2)n1)C1CCOC1. The van der Waals surface area contributed by atoms with E-state index in [2.05, 4.69) is 9.97 Å². The van der Waals surface area contributed by atoms with E-state index in [1.807, 2.05) is 0 Å². The first-order valence-electron chi connectivity index (χ1n) is 7.93. The van der Waals surface area contributed by atoms with Crippen molar-refractivity contribution in [2.24, 2.45) is 0 Å². The number of rotatable bonds is 4. The van der Waals surface area contributed by atoms with E-state index in [4.69, 9.17) is 9.47 Å². The van der Waals surface area contributed by atoms with Gasteiger partial charge < -0.3 is 19.3 Å². The lowest BCUT2D eigenvalue weighted by Crippen LogP contribution is -2.36. The van der Waals surface area contributed by atoms with Gasteiger partial charge in [0.25, 0.3) is 0 Å². The van der Waals surface area contributed by atoms with Crippen LogP contribution in [0.1, 0.15) is 18.5 Å². The van der Waals surface area contributed by atoms with Crippen molar-refractivity contribution in [3.05, 3.63) is 11.8 Å². The van der Waals surface area contributed by atoms with Gasteiger partial charge in [0.05, 0.1) is 25.3 Å². The highest BCUT2D eigenvalue weighted by Gasteiger charge is 2.36. The molecule has 0 aliphatic carbocycles. The molecule has 2 atom stereocenters. The van der Waals surface area contributed by atoms with Crippen LogP contribution in [-0.4, -0.2) is 62.6 Å². The number of hydrogen-bond acceptors (Lipinski definition) is 6. The lowest BCUT2D eigenvalue weighted by molar-refractivity contribution is -0.141. The molecule has 3 heterocycles. The second-order valence-electron chi connectivity index (χ2n) is 6.17. The summed E-state index contributed by atoms with van der Waals surface area (Å²) in [5, 5.41) is 0. The summed E-state index contributed by atoms with van der Waals surface area (Å²) in [4.78, 5) is 11.5. The lowest BCUT2D eigenvalue weighted by Gasteiger charge is -2.28. The molecular weight excluding hydrogens is 325 g/mol. The minimum Gasteiger partial charge on any atom is -0.379 e. The minimum atomic E-state index is -4.52. The van der Waals surface area contributed by atoms with Crippen molar-refractivity contribution in [2.75, 3.05) is 50.3 Å². The number of ether oxygens (including phenoxy) is 2. The van der Waals surface area contributed by atoms with E-state index in [-0.39, 0.29) is 23.8 Å². The summed E-state index contributed by atoms with van der Waals surface area (Å²) in [6.45, 7) is 2.17. The van der Waals surface area contributed by atoms with Gasteiger partial charge in [-0.3, -0.25) is 0 Å². The topological polar surface area (TPSA) is 50.7 Å². The summed E-state index contributed by atoms with van der Waals surface area (Å²) in [5.41, 5.74) is -0.931. The van der Waals surface area contributed by atoms with Crippen molar-refractivity contribution in [3.63, 3.8) is 0 Å². The van der Waals surface area contributed by atoms with Gasteiger partial charge in [0, 0.05) is 33.4 Å². The Bertz CT molecular complexity index is 532. The summed E-state index contributed by atoms with van der Waals surface area (Å²) in [7, 11) is 3.45. The van der Waals surface area contributed by atoms with E-state index in [1.165, 1.54) is 0 Å². The molecule has 2 aliphatic rings. The van der Waals surface area contributed by atoms with Gasteiger partial charge in [-0.2, -0.15) is 18.2 Å². The van der Waals surface area contributed by atoms with E-state index < -0.39 is 11.9 Å². The number of halogens is 3. The van der Waals surface area contributed by atoms with Gasteiger partial charge in [0.15, 0.2) is 5.69 Å². The monoisotopic (exact) mass is 346 g/mol. The molecule has 0 radical (unpaired) electrons. The van der Waals surface area contributed by atoms with Crippen LogP contribution in [-0.2, 0) is 15.7 Å². The van der Waals surface area contributed by atoms with Crippen LogP contribution in [0.15, 0.2) is 6.07 Å². The van der Waals surface area contributed by atoms with Crippen molar-refractivity contribution >= 4 is 11.8 Å². The number of nitrogens with zero attached hydrogens (tertiary/aromatic N) is 4. The van der Waals surface area contributed by atoms with Gasteiger partial charge in [-0.05, 0) is 12.8 Å². The Morgan fingerprint density at radius 3 is 2.08 bits per heavy atom. The van der Waals surface area contributed by atoms with Crippen LogP contribution in [0.25, 0.3) is 0 Å². The van der Waals surface area contributed by atoms with Crippen LogP contribution in [0.4, 0.5) is 24.9 Å². The third-order valence-electron chi connectivity index (χ3n) is 4.57. The zero-order chi connectivity index (χ0) is 17.3. The maximum atomic E-state index is 13.3. The van der Waals surface area contributed by atoms with E-state index in [9.17, 15) is 13.2 Å². The van der Waals surface area contributed by atoms with Crippen LogP contribution in [0.2, 0.25) is 0 Å². The quantitative estimate of drug-likeness (QED) is 0.831. The molecule has 0 N–H and O–H groups in total. The Balaban J connectivity index is 1.93. The summed E-state index contributed by atoms with van der Waals surface area (Å²) >= 11 is 0. The first kappa shape index (κ1) is 17.2. The molecule has 1 aromatic heterocycles. The average Bonchev–Trinajstić information content (AvgIpc) is 3.25. The smallest absolute Gasteiger partial charge is 0.379 e. The molecule has 3 rings (SSSR count). The zero-order valence-electron chi connectivity index (χ0n) is 13.7. The molecule has 2 unspecified atom stereocenters. The average molecular weight is 346 g/mol. The standard InChI is InChI=1S/C15H21F3N4O2/c1-21(10-3-5-23-8-10)13-7-12(15(16,17)18)19-14(20-13)22(2)11-4-6-24-9-11/h7,10-11H,3-6,8-9H2,1-2H3. The van der Waals surface area contributed by atoms with Gasteiger partial charge in [0.1, 0.15) is 5.82 Å². The molecule has 0 aromatic carbocycles. The number of hydrogen-bond donors (Lipinski definition) is 0. The number of likely N-dealkylation sites (N-methyl/N-ethyl adjacent to an activating group) is 2. The van der Waals surface area contributed by atoms with Gasteiger partial charge in [-0.25, -0.2) is 4.98 Å². The number of anilines is 2. The molecule has 0 saturated carbocycles. The molecule has 0 spiro atoms. The van der Waals surface area contributed by atoms with E-state index >= 15 is 0 Å². The van der Waals surface area contributed by atoms with Crippen LogP contribution in [0.3, 0.4) is 0 Å². The molecule has 9 heteroatoms. The molecule has 0 amide bonds. The Hall–Kier alpha value is -1.61. The normalized spacial score (nSPS) is 24.4. The predicted molar refractivity (Wildman–Crippen MR) is 82.3 cm³/mol. The van der Waals surface area contributed by atoms with Crippen LogP contribution < -0.4 is 9.80 Å². The molecular formula is C15H21F3N4O2. The highest BCUT2D eigenvalue weighted by molar-refractivity contribution is 5.47. The second-order valence-corrected chi connectivity index (χ2v) is 6.17. The Kier molecular flexibility index (Phi) is 4.82. The van der Waals surface area contributed by atoms with Crippen molar-refractivity contribution in [1.29, 1.82) is 0 Å². The Morgan fingerprint density at radius 2 is 1.58 bits per heavy atom. The van der Waals surface area contributed by atoms with E-state index in [0.29, 0.717) is 26.4 Å². The van der Waals surface area contributed by atoms with Crippen LogP contribution in [0.5, 0.6) is 0 Å². The number of aromatic nitrogens is 2. The third-order valence-corrected chi connectivity index (χ3v) is 4.57. The fraction of sp³-hybridized carbons (Fsp3) is 0.733. The van der Waals surface area contributed by atoms with Gasteiger partial charge in [-0.15, -0.1) is 0 Å². The zero-order valence-corrected chi connectivity index (χ0v) is 13.7. The van der Waals surface area contributed by atoms with Gasteiger partial charge >= 0.3 is 6.18 Å². The van der Waals surface area contributed by atoms with E-state index in [0.717, 1.165) is 18.9 Å². The van der Waals surface area contributed by atoms with Crippen molar-refractivity contribution in [3.8, 4) is 0 Å². The third kappa shape index (κ3) is 3.56. The van der Waals surface area contributed by atoms with Crippen molar-refractivity contribution in [1.82, 2.24) is 9.97 Å². The predicted octanol–water partition coefficient (Wildman–Crippen LogP) is 1.95. The Labute approximate surface area is 138 Å². The molecule has 2 aliphatic heterocycles. The first-order valence-corrected chi connectivity index (χ1v) is 7.93. The van der Waals surface area contributed by atoms with Crippen LogP contribution in [0, 0.1) is 0 Å². The van der Waals surface area contributed by atoms with Crippen molar-refractivity contribution in [2.45, 2.75) is 31.1 Å². The summed E-state index contributed by atoms with van der Waals surface area (Å²) < 4.78 is 50.4. The molecule has 24 heavy (non-hydrogen) atoms. The molecule has 134 valence electrons. The summed E-state index contributed by atoms with van der Waals surface area (Å²) in [6, 6.07) is 1.01. The van der Waals surface area contributed by atoms with Gasteiger partial charge in [0.2, 0.25) is 5.95 Å². The van der Waals surface area contributed by atoms with E-state index in [1.54, 1.807) is 23.9 Å². The first-order chi connectivity index (χ1) is 11.4. The number of alkyl halides is 3. The fourth-order valence-corrected chi connectivity index (χ4v) is 2.91. The lowest BCUT2D eigenvalue weighted by atomic mass is 10.2. The Morgan fingerprint density at radius 1 is 1.00 bits per heavy atom. The largest absolute Gasteiger partial charge is 0.433 e.